The highest BCUT2D eigenvalue weighted by Crippen LogP contribution is 2.27. The van der Waals surface area contributed by atoms with Gasteiger partial charge in [-0.15, -0.1) is 11.3 Å². The maximum absolute atomic E-state index is 13.0. The molecule has 3 aromatic carbocycles. The molecule has 0 aliphatic carbocycles. The molecule has 0 bridgehead atoms. The van der Waals surface area contributed by atoms with E-state index in [1.54, 1.807) is 66.0 Å². The van der Waals surface area contributed by atoms with Gasteiger partial charge in [-0.1, -0.05) is 30.3 Å². The molecule has 1 amide bonds. The minimum Gasteiger partial charge on any atom is -0.489 e. The highest BCUT2D eigenvalue weighted by atomic mass is 32.2. The first-order chi connectivity index (χ1) is 16.2. The number of nitrogens with zero attached hydrogens (tertiary/aromatic N) is 1. The Morgan fingerprint density at radius 1 is 1.06 bits per heavy atom. The number of anilines is 2. The number of sulfonamides is 1. The number of aromatic nitrogens is 1. The van der Waals surface area contributed by atoms with Crippen LogP contribution in [0.5, 0.6) is 5.75 Å². The Kier molecular flexibility index (Phi) is 6.90. The summed E-state index contributed by atoms with van der Waals surface area (Å²) in [7, 11) is -3.35. The molecule has 4 rings (SSSR count). The predicted octanol–water partition coefficient (Wildman–Crippen LogP) is 5.15. The summed E-state index contributed by atoms with van der Waals surface area (Å²) in [5.41, 5.74) is 3.11. The summed E-state index contributed by atoms with van der Waals surface area (Å²) in [4.78, 5) is 17.1. The van der Waals surface area contributed by atoms with Crippen molar-refractivity contribution in [3.05, 3.63) is 95.1 Å². The molecule has 0 unspecified atom stereocenters. The lowest BCUT2D eigenvalue weighted by Gasteiger charge is -2.08. The molecule has 0 atom stereocenters. The minimum absolute atomic E-state index is 0.250. The van der Waals surface area contributed by atoms with E-state index in [0.717, 1.165) is 17.4 Å². The van der Waals surface area contributed by atoms with Gasteiger partial charge in [-0.2, -0.15) is 0 Å². The van der Waals surface area contributed by atoms with Crippen molar-refractivity contribution >= 4 is 38.1 Å². The molecule has 7 nitrogen and oxygen atoms in total. The number of thiazole rings is 1. The number of benzene rings is 3. The second-order valence-electron chi connectivity index (χ2n) is 7.39. The SMILES string of the molecule is CS(=O)(=O)Nc1ccc(-c2csc(NC(=O)c3cccc(OCc4ccc(F)cc4)c3)n2)cc1. The van der Waals surface area contributed by atoms with Crippen molar-refractivity contribution in [1.29, 1.82) is 0 Å². The number of hydrogen-bond acceptors (Lipinski definition) is 6. The van der Waals surface area contributed by atoms with Crippen molar-refractivity contribution in [1.82, 2.24) is 4.98 Å². The van der Waals surface area contributed by atoms with Gasteiger partial charge in [-0.05, 0) is 48.0 Å². The van der Waals surface area contributed by atoms with Crippen LogP contribution in [0.25, 0.3) is 11.3 Å². The molecule has 1 aromatic heterocycles. The average Bonchev–Trinajstić information content (AvgIpc) is 3.27. The molecule has 1 heterocycles. The third-order valence-electron chi connectivity index (χ3n) is 4.62. The van der Waals surface area contributed by atoms with Crippen LogP contribution in [0, 0.1) is 5.82 Å². The summed E-state index contributed by atoms with van der Waals surface area (Å²) in [6.45, 7) is 0.250. The molecular formula is C24H20FN3O4S2. The molecule has 174 valence electrons. The van der Waals surface area contributed by atoms with E-state index < -0.39 is 10.0 Å². The van der Waals surface area contributed by atoms with Crippen molar-refractivity contribution in [2.45, 2.75) is 6.61 Å². The first-order valence-electron chi connectivity index (χ1n) is 10.1. The standard InChI is InChI=1S/C24H20FN3O4S2/c1-34(30,31)28-20-11-7-17(8-12-20)22-15-33-24(26-22)27-23(29)18-3-2-4-21(13-18)32-14-16-5-9-19(25)10-6-16/h2-13,15,28H,14H2,1H3,(H,26,27,29). The number of halogens is 1. The van der Waals surface area contributed by atoms with Crippen LogP contribution >= 0.6 is 11.3 Å². The third-order valence-corrected chi connectivity index (χ3v) is 5.99. The fourth-order valence-corrected chi connectivity index (χ4v) is 4.31. The molecule has 0 saturated heterocycles. The highest BCUT2D eigenvalue weighted by molar-refractivity contribution is 7.92. The van der Waals surface area contributed by atoms with Crippen LogP contribution in [0.3, 0.4) is 0 Å². The Hall–Kier alpha value is -3.76. The van der Waals surface area contributed by atoms with Gasteiger partial charge in [-0.3, -0.25) is 14.8 Å². The van der Waals surface area contributed by atoms with Crippen LogP contribution in [0.4, 0.5) is 15.2 Å². The molecule has 0 aliphatic rings. The smallest absolute Gasteiger partial charge is 0.257 e. The van der Waals surface area contributed by atoms with Crippen LogP contribution in [0.1, 0.15) is 15.9 Å². The average molecular weight is 498 g/mol. The summed E-state index contributed by atoms with van der Waals surface area (Å²) in [5, 5.41) is 5.01. The van der Waals surface area contributed by atoms with Crippen molar-refractivity contribution in [2.24, 2.45) is 0 Å². The van der Waals surface area contributed by atoms with Crippen molar-refractivity contribution in [3.63, 3.8) is 0 Å². The third kappa shape index (κ3) is 6.40. The summed E-state index contributed by atoms with van der Waals surface area (Å²) in [5.74, 6) is -0.130. The Labute approximate surface area is 200 Å². The minimum atomic E-state index is -3.35. The Morgan fingerprint density at radius 3 is 2.50 bits per heavy atom. The van der Waals surface area contributed by atoms with Gasteiger partial charge >= 0.3 is 0 Å². The predicted molar refractivity (Wildman–Crippen MR) is 131 cm³/mol. The monoisotopic (exact) mass is 497 g/mol. The summed E-state index contributed by atoms with van der Waals surface area (Å²) in [6.07, 6.45) is 1.09. The lowest BCUT2D eigenvalue weighted by Crippen LogP contribution is -2.11. The highest BCUT2D eigenvalue weighted by Gasteiger charge is 2.12. The fraction of sp³-hybridized carbons (Fsp3) is 0.0833. The molecule has 10 heteroatoms. The molecule has 0 aliphatic heterocycles. The van der Waals surface area contributed by atoms with Crippen LogP contribution in [0.15, 0.2) is 78.2 Å². The second-order valence-corrected chi connectivity index (χ2v) is 9.99. The molecule has 2 N–H and O–H groups in total. The fourth-order valence-electron chi connectivity index (χ4n) is 3.03. The van der Waals surface area contributed by atoms with Gasteiger partial charge in [-0.25, -0.2) is 17.8 Å². The molecule has 0 spiro atoms. The number of carbonyl (C=O) groups is 1. The zero-order valence-electron chi connectivity index (χ0n) is 18.0. The number of amides is 1. The van der Waals surface area contributed by atoms with Crippen LogP contribution in [0.2, 0.25) is 0 Å². The van der Waals surface area contributed by atoms with Gasteiger partial charge in [0.2, 0.25) is 10.0 Å². The van der Waals surface area contributed by atoms with Gasteiger partial charge in [0, 0.05) is 22.2 Å². The van der Waals surface area contributed by atoms with E-state index >= 15 is 0 Å². The lowest BCUT2D eigenvalue weighted by molar-refractivity contribution is 0.102. The zero-order valence-corrected chi connectivity index (χ0v) is 19.6. The van der Waals surface area contributed by atoms with Crippen molar-refractivity contribution in [3.8, 4) is 17.0 Å². The molecule has 0 saturated carbocycles. The van der Waals surface area contributed by atoms with E-state index in [0.29, 0.717) is 27.8 Å². The Morgan fingerprint density at radius 2 is 1.79 bits per heavy atom. The molecule has 0 fully saturated rings. The Balaban J connectivity index is 1.38. The first kappa shape index (κ1) is 23.4. The molecule has 34 heavy (non-hydrogen) atoms. The van der Waals surface area contributed by atoms with Crippen molar-refractivity contribution in [2.75, 3.05) is 16.3 Å². The quantitative estimate of drug-likeness (QED) is 0.351. The number of rotatable bonds is 8. The van der Waals surface area contributed by atoms with Gasteiger partial charge in [0.15, 0.2) is 5.13 Å². The summed E-state index contributed by atoms with van der Waals surface area (Å²) in [6, 6.07) is 19.5. The lowest BCUT2D eigenvalue weighted by atomic mass is 10.1. The number of hydrogen-bond donors (Lipinski definition) is 2. The van der Waals surface area contributed by atoms with E-state index in [2.05, 4.69) is 15.0 Å². The van der Waals surface area contributed by atoms with Gasteiger partial charge in [0.05, 0.1) is 11.9 Å². The van der Waals surface area contributed by atoms with E-state index in [9.17, 15) is 17.6 Å². The Bertz CT molecular complexity index is 1400. The normalized spacial score (nSPS) is 11.1. The van der Waals surface area contributed by atoms with Crippen LogP contribution in [-0.2, 0) is 16.6 Å². The molecule has 0 radical (unpaired) electrons. The zero-order chi connectivity index (χ0) is 24.1. The summed E-state index contributed by atoms with van der Waals surface area (Å²) < 4.78 is 43.8. The summed E-state index contributed by atoms with van der Waals surface area (Å²) >= 11 is 1.28. The van der Waals surface area contributed by atoms with Gasteiger partial charge in [0.25, 0.3) is 5.91 Å². The number of ether oxygens (including phenoxy) is 1. The number of nitrogens with one attached hydrogen (secondary N) is 2. The van der Waals surface area contributed by atoms with E-state index in [1.165, 1.54) is 23.5 Å². The van der Waals surface area contributed by atoms with Crippen LogP contribution < -0.4 is 14.8 Å². The molecular weight excluding hydrogens is 477 g/mol. The van der Waals surface area contributed by atoms with Crippen LogP contribution in [-0.4, -0.2) is 25.6 Å². The van der Waals surface area contributed by atoms with E-state index in [-0.39, 0.29) is 18.3 Å². The van der Waals surface area contributed by atoms with Crippen molar-refractivity contribution < 1.29 is 22.3 Å². The topological polar surface area (TPSA) is 97.4 Å². The first-order valence-corrected chi connectivity index (χ1v) is 12.8. The van der Waals surface area contributed by atoms with E-state index in [1.807, 2.05) is 0 Å². The maximum Gasteiger partial charge on any atom is 0.257 e. The van der Waals surface area contributed by atoms with E-state index in [4.69, 9.17) is 4.74 Å². The van der Waals surface area contributed by atoms with Gasteiger partial charge in [0.1, 0.15) is 18.2 Å². The maximum atomic E-state index is 13.0. The number of carbonyl (C=O) groups excluding carboxylic acids is 1. The van der Waals surface area contributed by atoms with Gasteiger partial charge < -0.3 is 4.74 Å². The largest absolute Gasteiger partial charge is 0.489 e. The second kappa shape index (κ2) is 10.0. The molecule has 4 aromatic rings.